The molecule has 0 saturated heterocycles. The number of nitrogens with one attached hydrogen (secondary N) is 1. The van der Waals surface area contributed by atoms with Crippen molar-refractivity contribution in [2.45, 2.75) is 32.7 Å². The summed E-state index contributed by atoms with van der Waals surface area (Å²) in [6.07, 6.45) is 7.09. The number of aromatic nitrogens is 1. The van der Waals surface area contributed by atoms with E-state index >= 15 is 0 Å². The van der Waals surface area contributed by atoms with Gasteiger partial charge in [0.25, 0.3) is 0 Å². The third-order valence-corrected chi connectivity index (χ3v) is 3.96. The Hall–Kier alpha value is -1.36. The topological polar surface area (TPSA) is 40.5 Å². The lowest BCUT2D eigenvalue weighted by molar-refractivity contribution is 0.470. The molecule has 0 aliphatic heterocycles. The van der Waals surface area contributed by atoms with E-state index < -0.39 is 0 Å². The highest BCUT2D eigenvalue weighted by Gasteiger charge is 2.06. The van der Waals surface area contributed by atoms with Gasteiger partial charge in [-0.05, 0) is 19.3 Å². The molecule has 0 amide bonds. The smallest absolute Gasteiger partial charge is 0.193 e. The molecule has 0 fully saturated rings. The van der Waals surface area contributed by atoms with Crippen LogP contribution in [0.5, 0.6) is 0 Å². The maximum absolute atomic E-state index is 4.40. The molecule has 1 aromatic rings. The quantitative estimate of drug-likeness (QED) is 0.361. The summed E-state index contributed by atoms with van der Waals surface area (Å²) in [4.78, 5) is 12.2. The molecule has 19 heavy (non-hydrogen) atoms. The molecule has 4 nitrogen and oxygen atoms in total. The molecule has 0 aliphatic carbocycles. The lowest BCUT2D eigenvalue weighted by atomic mass is 10.3. The first kappa shape index (κ1) is 15.7. The average Bonchev–Trinajstić information content (AvgIpc) is 2.88. The van der Waals surface area contributed by atoms with Gasteiger partial charge in [-0.15, -0.1) is 17.9 Å². The number of guanidine groups is 1. The Morgan fingerprint density at radius 3 is 3.00 bits per heavy atom. The largest absolute Gasteiger partial charge is 0.350 e. The zero-order valence-corrected chi connectivity index (χ0v) is 13.0. The maximum Gasteiger partial charge on any atom is 0.193 e. The standard InChI is InChI=1S/C14H24N4S/c1-5-7-8-9-18(4)14(15-3)17-11-13-16-10-12(6-2)19-13/h5,10H,1,6-9,11H2,2-4H3,(H,15,17). The van der Waals surface area contributed by atoms with Crippen LogP contribution in [-0.2, 0) is 13.0 Å². The van der Waals surface area contributed by atoms with Crippen LogP contribution in [0.1, 0.15) is 29.7 Å². The normalized spacial score (nSPS) is 11.4. The lowest BCUT2D eigenvalue weighted by Crippen LogP contribution is -2.38. The number of unbranched alkanes of at least 4 members (excludes halogenated alkanes) is 1. The fourth-order valence-electron chi connectivity index (χ4n) is 1.71. The number of nitrogens with zero attached hydrogens (tertiary/aromatic N) is 3. The van der Waals surface area contributed by atoms with Gasteiger partial charge in [0.15, 0.2) is 5.96 Å². The van der Waals surface area contributed by atoms with Crippen LogP contribution in [-0.4, -0.2) is 36.5 Å². The van der Waals surface area contributed by atoms with E-state index in [1.54, 1.807) is 11.3 Å². The van der Waals surface area contributed by atoms with Gasteiger partial charge in [0, 0.05) is 31.7 Å². The van der Waals surface area contributed by atoms with Crippen molar-refractivity contribution in [2.24, 2.45) is 4.99 Å². The summed E-state index contributed by atoms with van der Waals surface area (Å²) in [6, 6.07) is 0. The van der Waals surface area contributed by atoms with E-state index in [1.807, 2.05) is 19.3 Å². The van der Waals surface area contributed by atoms with E-state index in [2.05, 4.69) is 40.7 Å². The van der Waals surface area contributed by atoms with Gasteiger partial charge < -0.3 is 10.2 Å². The summed E-state index contributed by atoms with van der Waals surface area (Å²) in [5.41, 5.74) is 0. The van der Waals surface area contributed by atoms with E-state index in [-0.39, 0.29) is 0 Å². The second kappa shape index (κ2) is 8.69. The Labute approximate surface area is 120 Å². The number of aryl methyl sites for hydroxylation is 1. The van der Waals surface area contributed by atoms with Crippen LogP contribution in [0.25, 0.3) is 0 Å². The third kappa shape index (κ3) is 5.42. The minimum atomic E-state index is 0.739. The number of aliphatic imine (C=N–C) groups is 1. The number of thiazole rings is 1. The predicted octanol–water partition coefficient (Wildman–Crippen LogP) is 2.68. The van der Waals surface area contributed by atoms with E-state index in [4.69, 9.17) is 0 Å². The predicted molar refractivity (Wildman–Crippen MR) is 83.8 cm³/mol. The number of rotatable bonds is 7. The molecular weight excluding hydrogens is 256 g/mol. The molecule has 1 N–H and O–H groups in total. The molecule has 1 aromatic heterocycles. The molecule has 0 bridgehead atoms. The second-order valence-corrected chi connectivity index (χ2v) is 5.53. The number of allylic oxidation sites excluding steroid dienone is 1. The fourth-order valence-corrected chi connectivity index (χ4v) is 2.51. The van der Waals surface area contributed by atoms with E-state index in [0.717, 1.165) is 43.3 Å². The fraction of sp³-hybridized carbons (Fsp3) is 0.571. The molecule has 0 saturated carbocycles. The van der Waals surface area contributed by atoms with Crippen LogP contribution in [0.15, 0.2) is 23.8 Å². The van der Waals surface area contributed by atoms with Gasteiger partial charge in [-0.3, -0.25) is 4.99 Å². The summed E-state index contributed by atoms with van der Waals surface area (Å²) < 4.78 is 0. The van der Waals surface area contributed by atoms with Crippen LogP contribution in [0.2, 0.25) is 0 Å². The first-order valence-corrected chi connectivity index (χ1v) is 7.49. The van der Waals surface area contributed by atoms with Gasteiger partial charge in [0.1, 0.15) is 5.01 Å². The van der Waals surface area contributed by atoms with Crippen molar-refractivity contribution in [3.63, 3.8) is 0 Å². The van der Waals surface area contributed by atoms with Gasteiger partial charge in [0.05, 0.1) is 6.54 Å². The van der Waals surface area contributed by atoms with Crippen LogP contribution < -0.4 is 5.32 Å². The van der Waals surface area contributed by atoms with Crippen LogP contribution in [0, 0.1) is 0 Å². The zero-order valence-electron chi connectivity index (χ0n) is 12.1. The highest BCUT2D eigenvalue weighted by Crippen LogP contribution is 2.12. The molecule has 1 rings (SSSR count). The van der Waals surface area contributed by atoms with Crippen LogP contribution in [0.3, 0.4) is 0 Å². The van der Waals surface area contributed by atoms with Gasteiger partial charge in [0.2, 0.25) is 0 Å². The Balaban J connectivity index is 2.41. The Bertz CT molecular complexity index is 411. The van der Waals surface area contributed by atoms with Crippen molar-refractivity contribution in [1.29, 1.82) is 0 Å². The molecule has 0 aliphatic rings. The molecule has 0 aromatic carbocycles. The molecule has 0 radical (unpaired) electrons. The van der Waals surface area contributed by atoms with Crippen molar-refractivity contribution in [3.8, 4) is 0 Å². The van der Waals surface area contributed by atoms with Gasteiger partial charge in [-0.25, -0.2) is 4.98 Å². The molecule has 0 spiro atoms. The van der Waals surface area contributed by atoms with Crippen LogP contribution >= 0.6 is 11.3 Å². The Morgan fingerprint density at radius 2 is 2.42 bits per heavy atom. The van der Waals surface area contributed by atoms with Gasteiger partial charge in [-0.2, -0.15) is 0 Å². The van der Waals surface area contributed by atoms with Crippen molar-refractivity contribution in [1.82, 2.24) is 15.2 Å². The SMILES string of the molecule is C=CCCCN(C)C(=NC)NCc1ncc(CC)s1. The minimum absolute atomic E-state index is 0.739. The van der Waals surface area contributed by atoms with E-state index in [9.17, 15) is 0 Å². The van der Waals surface area contributed by atoms with E-state index in [1.165, 1.54) is 4.88 Å². The summed E-state index contributed by atoms with van der Waals surface area (Å²) in [6.45, 7) is 7.60. The summed E-state index contributed by atoms with van der Waals surface area (Å²) in [5, 5.41) is 4.46. The molecule has 106 valence electrons. The van der Waals surface area contributed by atoms with Gasteiger partial charge in [-0.1, -0.05) is 13.0 Å². The first-order chi connectivity index (χ1) is 9.21. The van der Waals surface area contributed by atoms with Crippen molar-refractivity contribution in [3.05, 3.63) is 28.7 Å². The Morgan fingerprint density at radius 1 is 1.63 bits per heavy atom. The summed E-state index contributed by atoms with van der Waals surface area (Å²) in [7, 11) is 3.86. The first-order valence-electron chi connectivity index (χ1n) is 6.67. The minimum Gasteiger partial charge on any atom is -0.350 e. The van der Waals surface area contributed by atoms with Crippen molar-refractivity contribution >= 4 is 17.3 Å². The lowest BCUT2D eigenvalue weighted by Gasteiger charge is -2.21. The second-order valence-electron chi connectivity index (χ2n) is 4.33. The summed E-state index contributed by atoms with van der Waals surface area (Å²) >= 11 is 1.76. The highest BCUT2D eigenvalue weighted by molar-refractivity contribution is 7.11. The number of hydrogen-bond acceptors (Lipinski definition) is 3. The van der Waals surface area contributed by atoms with Crippen molar-refractivity contribution < 1.29 is 0 Å². The highest BCUT2D eigenvalue weighted by atomic mass is 32.1. The average molecular weight is 280 g/mol. The van der Waals surface area contributed by atoms with Crippen LogP contribution in [0.4, 0.5) is 0 Å². The molecule has 0 unspecified atom stereocenters. The summed E-state index contributed by atoms with van der Waals surface area (Å²) in [5.74, 6) is 0.914. The van der Waals surface area contributed by atoms with Crippen molar-refractivity contribution in [2.75, 3.05) is 20.6 Å². The molecule has 1 heterocycles. The zero-order chi connectivity index (χ0) is 14.1. The van der Waals surface area contributed by atoms with Gasteiger partial charge >= 0.3 is 0 Å². The monoisotopic (exact) mass is 280 g/mol. The molecular formula is C14H24N4S. The molecule has 0 atom stereocenters. The Kier molecular flexibility index (Phi) is 7.18. The number of hydrogen-bond donors (Lipinski definition) is 1. The third-order valence-electron chi connectivity index (χ3n) is 2.82. The maximum atomic E-state index is 4.40. The molecule has 5 heteroatoms. The van der Waals surface area contributed by atoms with E-state index in [0.29, 0.717) is 0 Å².